The van der Waals surface area contributed by atoms with E-state index in [2.05, 4.69) is 28.2 Å². The van der Waals surface area contributed by atoms with Crippen LogP contribution in [0.1, 0.15) is 31.4 Å². The van der Waals surface area contributed by atoms with Crippen LogP contribution in [-0.4, -0.2) is 18.3 Å². The Balaban J connectivity index is 1.97. The highest BCUT2D eigenvalue weighted by Crippen LogP contribution is 2.44. The van der Waals surface area contributed by atoms with E-state index in [1.165, 1.54) is 0 Å². The monoisotopic (exact) mass is 317 g/mol. The van der Waals surface area contributed by atoms with E-state index in [4.69, 9.17) is 11.6 Å². The molecule has 1 atom stereocenters. The minimum Gasteiger partial charge on any atom is -0.396 e. The molecule has 1 aromatic carbocycles. The number of hydrogen-bond acceptors (Lipinski definition) is 2. The van der Waals surface area contributed by atoms with Gasteiger partial charge in [0.2, 0.25) is 0 Å². The lowest BCUT2D eigenvalue weighted by Gasteiger charge is -2.19. The second-order valence-corrected chi connectivity index (χ2v) is 6.25. The summed E-state index contributed by atoms with van der Waals surface area (Å²) in [5.74, 6) is 0. The highest BCUT2D eigenvalue weighted by Gasteiger charge is 2.41. The number of aliphatic hydroxyl groups excluding tert-OH is 1. The number of halogens is 2. The lowest BCUT2D eigenvalue weighted by molar-refractivity contribution is 0.204. The summed E-state index contributed by atoms with van der Waals surface area (Å²) in [5, 5.41) is 13.5. The van der Waals surface area contributed by atoms with Gasteiger partial charge in [-0.05, 0) is 37.5 Å². The Labute approximate surface area is 115 Å². The molecule has 1 aliphatic rings. The summed E-state index contributed by atoms with van der Waals surface area (Å²) in [5.41, 5.74) is 1.24. The molecule has 0 saturated heterocycles. The lowest BCUT2D eigenvalue weighted by atomic mass is 10.1. The van der Waals surface area contributed by atoms with Gasteiger partial charge >= 0.3 is 0 Å². The number of aliphatic hydroxyl groups is 1. The Morgan fingerprint density at radius 1 is 1.53 bits per heavy atom. The van der Waals surface area contributed by atoms with Crippen molar-refractivity contribution in [2.24, 2.45) is 5.41 Å². The Morgan fingerprint density at radius 2 is 2.24 bits per heavy atom. The molecule has 0 radical (unpaired) electrons. The third-order valence-corrected chi connectivity index (χ3v) is 4.33. The van der Waals surface area contributed by atoms with Gasteiger partial charge in [0.15, 0.2) is 0 Å². The van der Waals surface area contributed by atoms with Crippen LogP contribution in [0.4, 0.5) is 0 Å². The molecule has 0 amide bonds. The van der Waals surface area contributed by atoms with Gasteiger partial charge in [-0.3, -0.25) is 0 Å². The maximum absolute atomic E-state index is 9.26. The van der Waals surface area contributed by atoms with Crippen LogP contribution < -0.4 is 5.32 Å². The van der Waals surface area contributed by atoms with Crippen molar-refractivity contribution >= 4 is 27.5 Å². The van der Waals surface area contributed by atoms with Crippen LogP contribution in [0.2, 0.25) is 5.02 Å². The van der Waals surface area contributed by atoms with Gasteiger partial charge < -0.3 is 10.4 Å². The molecule has 2 N–H and O–H groups in total. The van der Waals surface area contributed by atoms with Crippen LogP contribution in [-0.2, 0) is 0 Å². The van der Waals surface area contributed by atoms with Crippen molar-refractivity contribution in [1.82, 2.24) is 5.32 Å². The Bertz CT molecular complexity index is 406. The largest absolute Gasteiger partial charge is 0.396 e. The fourth-order valence-corrected chi connectivity index (χ4v) is 2.74. The Morgan fingerprint density at radius 3 is 2.76 bits per heavy atom. The highest BCUT2D eigenvalue weighted by molar-refractivity contribution is 9.10. The molecule has 17 heavy (non-hydrogen) atoms. The number of benzene rings is 1. The minimum absolute atomic E-state index is 0.135. The molecule has 2 rings (SSSR count). The number of rotatable bonds is 5. The van der Waals surface area contributed by atoms with Gasteiger partial charge in [-0.1, -0.05) is 33.6 Å². The molecule has 0 aliphatic heterocycles. The van der Waals surface area contributed by atoms with E-state index in [0.717, 1.165) is 34.4 Å². The standard InChI is InChI=1S/C13H17BrClNO/c1-9(16-7-13(8-17)4-5-13)11-3-2-10(14)6-12(11)15/h2-3,6,9,16-17H,4-5,7-8H2,1H3. The predicted octanol–water partition coefficient (Wildman–Crippen LogP) is 3.53. The minimum atomic E-state index is 0.135. The smallest absolute Gasteiger partial charge is 0.0499 e. The molecule has 1 aromatic rings. The summed E-state index contributed by atoms with van der Waals surface area (Å²) in [6.07, 6.45) is 2.24. The third kappa shape index (κ3) is 3.22. The Hall–Kier alpha value is -0.0900. The van der Waals surface area contributed by atoms with Crippen LogP contribution in [0.5, 0.6) is 0 Å². The predicted molar refractivity (Wildman–Crippen MR) is 74.3 cm³/mol. The van der Waals surface area contributed by atoms with Crippen LogP contribution in [0.15, 0.2) is 22.7 Å². The summed E-state index contributed by atoms with van der Waals surface area (Å²) < 4.78 is 0.993. The fraction of sp³-hybridized carbons (Fsp3) is 0.538. The lowest BCUT2D eigenvalue weighted by Crippen LogP contribution is -2.28. The van der Waals surface area contributed by atoms with Crippen LogP contribution in [0, 0.1) is 5.41 Å². The van der Waals surface area contributed by atoms with Gasteiger partial charge in [0.1, 0.15) is 0 Å². The van der Waals surface area contributed by atoms with E-state index in [-0.39, 0.29) is 18.1 Å². The normalized spacial score (nSPS) is 19.1. The maximum atomic E-state index is 9.26. The van der Waals surface area contributed by atoms with Crippen molar-refractivity contribution < 1.29 is 5.11 Å². The molecular weight excluding hydrogens is 302 g/mol. The summed E-state index contributed by atoms with van der Waals surface area (Å²) in [6.45, 7) is 3.24. The molecular formula is C13H17BrClNO. The molecule has 94 valence electrons. The highest BCUT2D eigenvalue weighted by atomic mass is 79.9. The Kier molecular flexibility index (Phi) is 4.14. The third-order valence-electron chi connectivity index (χ3n) is 3.50. The first-order valence-corrected chi connectivity index (χ1v) is 7.03. The fourth-order valence-electron chi connectivity index (χ4n) is 1.90. The first-order valence-electron chi connectivity index (χ1n) is 5.85. The van der Waals surface area contributed by atoms with E-state index in [9.17, 15) is 5.11 Å². The van der Waals surface area contributed by atoms with Crippen LogP contribution in [0.25, 0.3) is 0 Å². The maximum Gasteiger partial charge on any atom is 0.0499 e. The zero-order chi connectivity index (χ0) is 12.5. The average molecular weight is 319 g/mol. The topological polar surface area (TPSA) is 32.3 Å². The SMILES string of the molecule is CC(NCC1(CO)CC1)c1ccc(Br)cc1Cl. The number of hydrogen-bond donors (Lipinski definition) is 2. The van der Waals surface area contributed by atoms with E-state index < -0.39 is 0 Å². The molecule has 4 heteroatoms. The summed E-state index contributed by atoms with van der Waals surface area (Å²) in [4.78, 5) is 0. The molecule has 0 bridgehead atoms. The van der Waals surface area contributed by atoms with E-state index in [1.807, 2.05) is 18.2 Å². The van der Waals surface area contributed by atoms with Gasteiger partial charge in [-0.2, -0.15) is 0 Å². The molecule has 1 fully saturated rings. The molecule has 2 nitrogen and oxygen atoms in total. The summed E-state index contributed by atoms with van der Waals surface area (Å²) >= 11 is 9.60. The average Bonchev–Trinajstić information content (AvgIpc) is 3.07. The zero-order valence-electron chi connectivity index (χ0n) is 9.84. The first-order chi connectivity index (χ1) is 8.06. The molecule has 1 unspecified atom stereocenters. The summed E-state index contributed by atoms with van der Waals surface area (Å²) in [7, 11) is 0. The van der Waals surface area contributed by atoms with Crippen molar-refractivity contribution in [2.75, 3.05) is 13.2 Å². The van der Waals surface area contributed by atoms with Gasteiger partial charge in [0.05, 0.1) is 0 Å². The first kappa shape index (κ1) is 13.3. The second-order valence-electron chi connectivity index (χ2n) is 4.93. The zero-order valence-corrected chi connectivity index (χ0v) is 12.2. The quantitative estimate of drug-likeness (QED) is 0.870. The van der Waals surface area contributed by atoms with Crippen molar-refractivity contribution in [2.45, 2.75) is 25.8 Å². The van der Waals surface area contributed by atoms with Crippen molar-refractivity contribution in [3.8, 4) is 0 Å². The van der Waals surface area contributed by atoms with Crippen molar-refractivity contribution in [3.63, 3.8) is 0 Å². The second kappa shape index (κ2) is 5.27. The van der Waals surface area contributed by atoms with Gasteiger partial charge in [-0.15, -0.1) is 0 Å². The van der Waals surface area contributed by atoms with Crippen molar-refractivity contribution in [1.29, 1.82) is 0 Å². The van der Waals surface area contributed by atoms with E-state index in [0.29, 0.717) is 0 Å². The van der Waals surface area contributed by atoms with E-state index >= 15 is 0 Å². The van der Waals surface area contributed by atoms with Gasteiger partial charge in [0.25, 0.3) is 0 Å². The summed E-state index contributed by atoms with van der Waals surface area (Å²) in [6, 6.07) is 6.15. The van der Waals surface area contributed by atoms with Gasteiger partial charge in [0, 0.05) is 34.1 Å². The molecule has 0 spiro atoms. The van der Waals surface area contributed by atoms with Crippen LogP contribution >= 0.6 is 27.5 Å². The molecule has 1 saturated carbocycles. The number of nitrogens with one attached hydrogen (secondary N) is 1. The molecule has 0 aromatic heterocycles. The van der Waals surface area contributed by atoms with Gasteiger partial charge in [-0.25, -0.2) is 0 Å². The van der Waals surface area contributed by atoms with Crippen molar-refractivity contribution in [3.05, 3.63) is 33.3 Å². The van der Waals surface area contributed by atoms with Crippen LogP contribution in [0.3, 0.4) is 0 Å². The molecule has 0 heterocycles. The molecule has 1 aliphatic carbocycles. The van der Waals surface area contributed by atoms with E-state index in [1.54, 1.807) is 0 Å².